The molecule has 1 aromatic heterocycles. The van der Waals surface area contributed by atoms with Gasteiger partial charge in [-0.15, -0.1) is 0 Å². The van der Waals surface area contributed by atoms with Gasteiger partial charge in [-0.05, 0) is 43.2 Å². The lowest BCUT2D eigenvalue weighted by molar-refractivity contribution is -0.134. The fourth-order valence-electron chi connectivity index (χ4n) is 2.93. The number of anilines is 1. The number of aromatic nitrogens is 1. The Morgan fingerprint density at radius 3 is 2.70 bits per heavy atom. The Hall–Kier alpha value is -2.63. The Bertz CT molecular complexity index is 727. The predicted octanol–water partition coefficient (Wildman–Crippen LogP) is 2.57. The maximum Gasteiger partial charge on any atom is 0.247 e. The number of hydrogen-bond acceptors (Lipinski definition) is 2. The zero-order valence-electron chi connectivity index (χ0n) is 12.8. The van der Waals surface area contributed by atoms with Gasteiger partial charge in [0.2, 0.25) is 11.8 Å². The Balaban J connectivity index is 1.79. The van der Waals surface area contributed by atoms with E-state index in [1.54, 1.807) is 40.1 Å². The van der Waals surface area contributed by atoms with Crippen molar-refractivity contribution in [2.24, 2.45) is 0 Å². The molecule has 0 bridgehead atoms. The largest absolute Gasteiger partial charge is 0.331 e. The molecule has 2 amide bonds. The molecule has 0 radical (unpaired) electrons. The van der Waals surface area contributed by atoms with E-state index in [1.165, 1.54) is 19.1 Å². The van der Waals surface area contributed by atoms with Gasteiger partial charge < -0.3 is 14.8 Å². The highest BCUT2D eigenvalue weighted by Gasteiger charge is 2.32. The van der Waals surface area contributed by atoms with Gasteiger partial charge in [-0.25, -0.2) is 4.39 Å². The molecule has 3 rings (SSSR count). The number of nitrogens with one attached hydrogen (secondary N) is 1. The van der Waals surface area contributed by atoms with Crippen molar-refractivity contribution in [2.75, 3.05) is 11.9 Å². The fourth-order valence-corrected chi connectivity index (χ4v) is 2.93. The van der Waals surface area contributed by atoms with Crippen molar-refractivity contribution in [3.8, 4) is 5.69 Å². The molecule has 1 fully saturated rings. The lowest BCUT2D eigenvalue weighted by Gasteiger charge is -2.22. The van der Waals surface area contributed by atoms with Crippen LogP contribution in [0.15, 0.2) is 42.7 Å². The van der Waals surface area contributed by atoms with Gasteiger partial charge in [0, 0.05) is 31.5 Å². The van der Waals surface area contributed by atoms with Gasteiger partial charge in [0.25, 0.3) is 0 Å². The number of halogens is 1. The highest BCUT2D eigenvalue weighted by molar-refractivity contribution is 5.97. The summed E-state index contributed by atoms with van der Waals surface area (Å²) < 4.78 is 15.6. The van der Waals surface area contributed by atoms with Gasteiger partial charge in [0.15, 0.2) is 0 Å². The monoisotopic (exact) mass is 315 g/mol. The molecule has 0 saturated carbocycles. The number of carbonyl (C=O) groups excluding carboxylic acids is 2. The van der Waals surface area contributed by atoms with Crippen molar-refractivity contribution in [3.05, 3.63) is 48.5 Å². The van der Waals surface area contributed by atoms with Crippen molar-refractivity contribution in [1.29, 1.82) is 0 Å². The molecule has 0 spiro atoms. The third kappa shape index (κ3) is 3.11. The molecule has 6 heteroatoms. The van der Waals surface area contributed by atoms with E-state index in [9.17, 15) is 14.0 Å². The summed E-state index contributed by atoms with van der Waals surface area (Å²) in [7, 11) is 0. The summed E-state index contributed by atoms with van der Waals surface area (Å²) in [4.78, 5) is 25.5. The third-order valence-electron chi connectivity index (χ3n) is 4.06. The van der Waals surface area contributed by atoms with E-state index in [4.69, 9.17) is 0 Å². The second-order valence-corrected chi connectivity index (χ2v) is 5.62. The van der Waals surface area contributed by atoms with Gasteiger partial charge in [0.05, 0.1) is 5.69 Å². The summed E-state index contributed by atoms with van der Waals surface area (Å²) >= 11 is 0. The molecule has 1 aliphatic heterocycles. The maximum absolute atomic E-state index is 14.0. The van der Waals surface area contributed by atoms with Crippen LogP contribution in [0, 0.1) is 5.82 Å². The fraction of sp³-hybridized carbons (Fsp3) is 0.294. The van der Waals surface area contributed by atoms with Crippen molar-refractivity contribution in [1.82, 2.24) is 9.47 Å². The molecule has 1 saturated heterocycles. The van der Waals surface area contributed by atoms with Crippen LogP contribution in [0.3, 0.4) is 0 Å². The van der Waals surface area contributed by atoms with Crippen molar-refractivity contribution in [2.45, 2.75) is 25.8 Å². The molecule has 1 aromatic carbocycles. The average Bonchev–Trinajstić information content (AvgIpc) is 3.20. The van der Waals surface area contributed by atoms with Crippen LogP contribution in [-0.2, 0) is 9.59 Å². The van der Waals surface area contributed by atoms with Crippen LogP contribution < -0.4 is 5.32 Å². The zero-order valence-corrected chi connectivity index (χ0v) is 12.8. The first-order chi connectivity index (χ1) is 11.1. The molecular formula is C17H18FN3O2. The molecule has 2 heterocycles. The van der Waals surface area contributed by atoms with Crippen LogP contribution in [0.25, 0.3) is 5.69 Å². The molecule has 1 aliphatic rings. The summed E-state index contributed by atoms with van der Waals surface area (Å²) in [6.45, 7) is 2.07. The lowest BCUT2D eigenvalue weighted by atomic mass is 10.2. The second-order valence-electron chi connectivity index (χ2n) is 5.62. The SMILES string of the molecule is CC(=O)N1CCCC1C(=O)Nc1ccc(F)c(-n2cccc2)c1. The van der Waals surface area contributed by atoms with Gasteiger partial charge in [-0.3, -0.25) is 9.59 Å². The molecule has 1 N–H and O–H groups in total. The minimum Gasteiger partial charge on any atom is -0.331 e. The average molecular weight is 315 g/mol. The Morgan fingerprint density at radius 2 is 2.00 bits per heavy atom. The number of benzene rings is 1. The van der Waals surface area contributed by atoms with Crippen molar-refractivity contribution < 1.29 is 14.0 Å². The number of likely N-dealkylation sites (tertiary alicyclic amines) is 1. The molecule has 1 atom stereocenters. The Morgan fingerprint density at radius 1 is 1.26 bits per heavy atom. The van der Waals surface area contributed by atoms with Crippen molar-refractivity contribution >= 4 is 17.5 Å². The van der Waals surface area contributed by atoms with Gasteiger partial charge in [-0.2, -0.15) is 0 Å². The summed E-state index contributed by atoms with van der Waals surface area (Å²) in [5.74, 6) is -0.706. The van der Waals surface area contributed by atoms with Crippen LogP contribution in [0.2, 0.25) is 0 Å². The van der Waals surface area contributed by atoms with E-state index < -0.39 is 6.04 Å². The summed E-state index contributed by atoms with van der Waals surface area (Å²) in [5, 5.41) is 2.79. The summed E-state index contributed by atoms with van der Waals surface area (Å²) in [5.41, 5.74) is 0.873. The highest BCUT2D eigenvalue weighted by atomic mass is 19.1. The van der Waals surface area contributed by atoms with E-state index in [-0.39, 0.29) is 17.6 Å². The smallest absolute Gasteiger partial charge is 0.247 e. The normalized spacial score (nSPS) is 17.3. The van der Waals surface area contributed by atoms with Crippen molar-refractivity contribution in [3.63, 3.8) is 0 Å². The summed E-state index contributed by atoms with van der Waals surface area (Å²) in [6.07, 6.45) is 4.93. The Labute approximate surface area is 133 Å². The lowest BCUT2D eigenvalue weighted by Crippen LogP contribution is -2.42. The zero-order chi connectivity index (χ0) is 16.4. The van der Waals surface area contributed by atoms with Crippen LogP contribution in [0.5, 0.6) is 0 Å². The molecule has 5 nitrogen and oxygen atoms in total. The van der Waals surface area contributed by atoms with E-state index in [0.717, 1.165) is 6.42 Å². The minimum atomic E-state index is -0.451. The van der Waals surface area contributed by atoms with Gasteiger partial charge in [0.1, 0.15) is 11.9 Å². The molecular weight excluding hydrogens is 297 g/mol. The van der Waals surface area contributed by atoms with E-state index in [0.29, 0.717) is 24.3 Å². The maximum atomic E-state index is 14.0. The first-order valence-electron chi connectivity index (χ1n) is 7.57. The molecule has 120 valence electrons. The molecule has 0 aliphatic carbocycles. The number of rotatable bonds is 3. The first-order valence-corrected chi connectivity index (χ1v) is 7.57. The van der Waals surface area contributed by atoms with Crippen LogP contribution >= 0.6 is 0 Å². The third-order valence-corrected chi connectivity index (χ3v) is 4.06. The molecule has 1 unspecified atom stereocenters. The number of hydrogen-bond donors (Lipinski definition) is 1. The molecule has 23 heavy (non-hydrogen) atoms. The predicted molar refractivity (Wildman–Crippen MR) is 84.8 cm³/mol. The number of amides is 2. The topological polar surface area (TPSA) is 54.3 Å². The van der Waals surface area contributed by atoms with Gasteiger partial charge >= 0.3 is 0 Å². The van der Waals surface area contributed by atoms with Crippen LogP contribution in [0.1, 0.15) is 19.8 Å². The van der Waals surface area contributed by atoms with Crippen LogP contribution in [0.4, 0.5) is 10.1 Å². The molecule has 2 aromatic rings. The highest BCUT2D eigenvalue weighted by Crippen LogP contribution is 2.22. The summed E-state index contributed by atoms with van der Waals surface area (Å²) in [6, 6.07) is 7.57. The Kier molecular flexibility index (Phi) is 4.14. The van der Waals surface area contributed by atoms with Gasteiger partial charge in [-0.1, -0.05) is 0 Å². The quantitative estimate of drug-likeness (QED) is 0.946. The van der Waals surface area contributed by atoms with E-state index in [1.807, 2.05) is 0 Å². The first kappa shape index (κ1) is 15.3. The van der Waals surface area contributed by atoms with E-state index >= 15 is 0 Å². The second kappa shape index (κ2) is 6.24. The van der Waals surface area contributed by atoms with Crippen LogP contribution in [-0.4, -0.2) is 33.9 Å². The number of carbonyl (C=O) groups is 2. The number of nitrogens with zero attached hydrogens (tertiary/aromatic N) is 2. The standard InChI is InChI=1S/C17H18FN3O2/c1-12(22)21-10-4-5-15(21)17(23)19-13-6-7-14(18)16(11-13)20-8-2-3-9-20/h2-3,6-9,11,15H,4-5,10H2,1H3,(H,19,23). The van der Waals surface area contributed by atoms with E-state index in [2.05, 4.69) is 5.32 Å². The minimum absolute atomic E-state index is 0.102.